The quantitative estimate of drug-likeness (QED) is 0.712. The molecule has 0 saturated heterocycles. The van der Waals surface area contributed by atoms with Crippen LogP contribution in [-0.4, -0.2) is 24.2 Å². The molecule has 3 nitrogen and oxygen atoms in total. The van der Waals surface area contributed by atoms with Gasteiger partial charge in [0.25, 0.3) is 0 Å². The van der Waals surface area contributed by atoms with Gasteiger partial charge in [0.15, 0.2) is 0 Å². The van der Waals surface area contributed by atoms with Crippen LogP contribution in [0.2, 0.25) is 0 Å². The SMILES string of the molecule is Cc1csc(CNCCCCOC(C)C)n1. The number of unbranched alkanes of at least 4 members (excludes halogenated alkanes) is 1. The standard InChI is InChI=1S/C12H22N2OS/c1-10(2)15-7-5-4-6-13-8-12-14-11(3)9-16-12/h9-10,13H,4-8H2,1-3H3. The van der Waals surface area contributed by atoms with Crippen LogP contribution in [0.25, 0.3) is 0 Å². The Kier molecular flexibility index (Phi) is 6.61. The maximum Gasteiger partial charge on any atom is 0.107 e. The molecule has 0 aliphatic rings. The van der Waals surface area contributed by atoms with Crippen molar-refractivity contribution in [1.82, 2.24) is 10.3 Å². The van der Waals surface area contributed by atoms with Crippen molar-refractivity contribution in [3.8, 4) is 0 Å². The summed E-state index contributed by atoms with van der Waals surface area (Å²) in [6.07, 6.45) is 2.64. The molecule has 0 atom stereocenters. The van der Waals surface area contributed by atoms with Gasteiger partial charge in [0, 0.05) is 24.2 Å². The first-order valence-corrected chi connectivity index (χ1v) is 6.80. The molecule has 0 amide bonds. The highest BCUT2D eigenvalue weighted by Gasteiger charge is 1.97. The number of rotatable bonds is 8. The summed E-state index contributed by atoms with van der Waals surface area (Å²) >= 11 is 1.72. The molecule has 16 heavy (non-hydrogen) atoms. The topological polar surface area (TPSA) is 34.1 Å². The predicted molar refractivity (Wildman–Crippen MR) is 68.9 cm³/mol. The van der Waals surface area contributed by atoms with E-state index in [2.05, 4.69) is 29.5 Å². The van der Waals surface area contributed by atoms with E-state index < -0.39 is 0 Å². The van der Waals surface area contributed by atoms with Crippen LogP contribution in [0.1, 0.15) is 37.4 Å². The second kappa shape index (κ2) is 7.76. The van der Waals surface area contributed by atoms with E-state index in [0.717, 1.165) is 38.2 Å². The summed E-state index contributed by atoms with van der Waals surface area (Å²) in [6, 6.07) is 0. The van der Waals surface area contributed by atoms with Crippen LogP contribution in [0.15, 0.2) is 5.38 Å². The molecule has 0 aromatic carbocycles. The largest absolute Gasteiger partial charge is 0.379 e. The summed E-state index contributed by atoms with van der Waals surface area (Å²) in [4.78, 5) is 4.40. The van der Waals surface area contributed by atoms with Gasteiger partial charge in [0.1, 0.15) is 5.01 Å². The number of nitrogens with zero attached hydrogens (tertiary/aromatic N) is 1. The average Bonchev–Trinajstić information content (AvgIpc) is 2.62. The zero-order valence-corrected chi connectivity index (χ0v) is 11.3. The highest BCUT2D eigenvalue weighted by Crippen LogP contribution is 2.07. The number of thiazole rings is 1. The van der Waals surface area contributed by atoms with Crippen molar-refractivity contribution in [2.45, 2.75) is 46.3 Å². The van der Waals surface area contributed by atoms with E-state index in [1.165, 1.54) is 5.01 Å². The van der Waals surface area contributed by atoms with Gasteiger partial charge in [-0.2, -0.15) is 0 Å². The van der Waals surface area contributed by atoms with E-state index in [0.29, 0.717) is 6.10 Å². The van der Waals surface area contributed by atoms with Gasteiger partial charge in [-0.3, -0.25) is 0 Å². The van der Waals surface area contributed by atoms with Crippen molar-refractivity contribution in [2.75, 3.05) is 13.2 Å². The summed E-state index contributed by atoms with van der Waals surface area (Å²) in [5, 5.41) is 6.66. The lowest BCUT2D eigenvalue weighted by Crippen LogP contribution is -2.15. The molecule has 0 aliphatic heterocycles. The summed E-state index contributed by atoms with van der Waals surface area (Å²) in [5.74, 6) is 0. The molecule has 4 heteroatoms. The van der Waals surface area contributed by atoms with Gasteiger partial charge in [-0.1, -0.05) is 0 Å². The molecule has 1 heterocycles. The van der Waals surface area contributed by atoms with Crippen LogP contribution in [0.5, 0.6) is 0 Å². The van der Waals surface area contributed by atoms with E-state index in [1.807, 2.05) is 6.92 Å². The Bertz CT molecular complexity index is 286. The number of hydrogen-bond donors (Lipinski definition) is 1. The zero-order chi connectivity index (χ0) is 11.8. The highest BCUT2D eigenvalue weighted by molar-refractivity contribution is 7.09. The fraction of sp³-hybridized carbons (Fsp3) is 0.750. The summed E-state index contributed by atoms with van der Waals surface area (Å²) in [6.45, 7) is 8.98. The van der Waals surface area contributed by atoms with Crippen LogP contribution >= 0.6 is 11.3 Å². The molecule has 0 radical (unpaired) electrons. The molecule has 1 aromatic rings. The van der Waals surface area contributed by atoms with E-state index in [9.17, 15) is 0 Å². The lowest BCUT2D eigenvalue weighted by atomic mass is 10.3. The predicted octanol–water partition coefficient (Wildman–Crippen LogP) is 2.75. The summed E-state index contributed by atoms with van der Waals surface area (Å²) in [5.41, 5.74) is 1.12. The maximum atomic E-state index is 5.47. The molecule has 1 aromatic heterocycles. The number of aryl methyl sites for hydroxylation is 1. The summed E-state index contributed by atoms with van der Waals surface area (Å²) < 4.78 is 5.47. The second-order valence-electron chi connectivity index (χ2n) is 4.19. The Balaban J connectivity index is 1.92. The van der Waals surface area contributed by atoms with Crippen LogP contribution < -0.4 is 5.32 Å². The Labute approximate surface area is 102 Å². The molecule has 0 aliphatic carbocycles. The first-order chi connectivity index (χ1) is 7.68. The number of ether oxygens (including phenoxy) is 1. The Morgan fingerprint density at radius 2 is 2.25 bits per heavy atom. The lowest BCUT2D eigenvalue weighted by Gasteiger charge is -2.07. The Hall–Kier alpha value is -0.450. The smallest absolute Gasteiger partial charge is 0.107 e. The molecule has 1 rings (SSSR count). The van der Waals surface area contributed by atoms with Crippen molar-refractivity contribution >= 4 is 11.3 Å². The van der Waals surface area contributed by atoms with Gasteiger partial charge in [0.2, 0.25) is 0 Å². The molecule has 0 fully saturated rings. The molecule has 1 N–H and O–H groups in total. The van der Waals surface area contributed by atoms with Crippen molar-refractivity contribution in [1.29, 1.82) is 0 Å². The molecule has 0 spiro atoms. The molecule has 92 valence electrons. The van der Waals surface area contributed by atoms with Crippen LogP contribution in [-0.2, 0) is 11.3 Å². The molecular weight excluding hydrogens is 220 g/mol. The van der Waals surface area contributed by atoms with Crippen LogP contribution in [0.3, 0.4) is 0 Å². The Morgan fingerprint density at radius 3 is 2.88 bits per heavy atom. The Morgan fingerprint density at radius 1 is 1.44 bits per heavy atom. The third-order valence-corrected chi connectivity index (χ3v) is 3.11. The van der Waals surface area contributed by atoms with Gasteiger partial charge in [-0.15, -0.1) is 11.3 Å². The minimum Gasteiger partial charge on any atom is -0.379 e. The van der Waals surface area contributed by atoms with Crippen molar-refractivity contribution in [2.24, 2.45) is 0 Å². The van der Waals surface area contributed by atoms with Gasteiger partial charge in [0.05, 0.1) is 6.10 Å². The number of aromatic nitrogens is 1. The first-order valence-electron chi connectivity index (χ1n) is 5.92. The van der Waals surface area contributed by atoms with Crippen molar-refractivity contribution in [3.63, 3.8) is 0 Å². The number of nitrogens with one attached hydrogen (secondary N) is 1. The highest BCUT2D eigenvalue weighted by atomic mass is 32.1. The lowest BCUT2D eigenvalue weighted by molar-refractivity contribution is 0.0760. The van der Waals surface area contributed by atoms with E-state index in [1.54, 1.807) is 11.3 Å². The fourth-order valence-corrected chi connectivity index (χ4v) is 2.09. The second-order valence-corrected chi connectivity index (χ2v) is 5.13. The normalized spacial score (nSPS) is 11.2. The third-order valence-electron chi connectivity index (χ3n) is 2.14. The van der Waals surface area contributed by atoms with Gasteiger partial charge in [-0.25, -0.2) is 4.98 Å². The minimum atomic E-state index is 0.353. The van der Waals surface area contributed by atoms with Gasteiger partial charge in [-0.05, 0) is 40.2 Å². The monoisotopic (exact) mass is 242 g/mol. The van der Waals surface area contributed by atoms with E-state index in [4.69, 9.17) is 4.74 Å². The molecular formula is C12H22N2OS. The zero-order valence-electron chi connectivity index (χ0n) is 10.5. The van der Waals surface area contributed by atoms with Gasteiger partial charge < -0.3 is 10.1 Å². The first kappa shape index (κ1) is 13.6. The third kappa shape index (κ3) is 6.20. The molecule has 0 unspecified atom stereocenters. The van der Waals surface area contributed by atoms with Gasteiger partial charge >= 0.3 is 0 Å². The van der Waals surface area contributed by atoms with Crippen LogP contribution in [0.4, 0.5) is 0 Å². The fourth-order valence-electron chi connectivity index (χ4n) is 1.35. The van der Waals surface area contributed by atoms with Crippen molar-refractivity contribution in [3.05, 3.63) is 16.1 Å². The average molecular weight is 242 g/mol. The summed E-state index contributed by atoms with van der Waals surface area (Å²) in [7, 11) is 0. The van der Waals surface area contributed by atoms with Crippen LogP contribution in [0, 0.1) is 6.92 Å². The van der Waals surface area contributed by atoms with E-state index >= 15 is 0 Å². The molecule has 0 saturated carbocycles. The van der Waals surface area contributed by atoms with E-state index in [-0.39, 0.29) is 0 Å². The van der Waals surface area contributed by atoms with Crippen molar-refractivity contribution < 1.29 is 4.74 Å². The maximum absolute atomic E-state index is 5.47. The molecule has 0 bridgehead atoms. The minimum absolute atomic E-state index is 0.353. The number of hydrogen-bond acceptors (Lipinski definition) is 4.